The summed E-state index contributed by atoms with van der Waals surface area (Å²) in [5, 5.41) is 13.3. The van der Waals surface area contributed by atoms with Crippen LogP contribution >= 0.6 is 23.2 Å². The molecule has 1 amide bonds. The fraction of sp³-hybridized carbons (Fsp3) is 0.577. The van der Waals surface area contributed by atoms with Crippen LogP contribution in [0.2, 0.25) is 10.0 Å². The number of nitrogens with zero attached hydrogens (tertiary/aromatic N) is 4. The quantitative estimate of drug-likeness (QED) is 0.384. The summed E-state index contributed by atoms with van der Waals surface area (Å²) in [6.07, 6.45) is -1.04. The van der Waals surface area contributed by atoms with Crippen LogP contribution in [0.3, 0.4) is 0 Å². The molecule has 4 rings (SSSR count). The van der Waals surface area contributed by atoms with Crippen LogP contribution in [0.5, 0.6) is 0 Å². The molecule has 9 nitrogen and oxygen atoms in total. The molecule has 1 saturated heterocycles. The number of hydrogen-bond acceptors (Lipinski definition) is 6. The first-order chi connectivity index (χ1) is 18.5. The molecule has 1 atom stereocenters. The molecule has 2 aromatic heterocycles. The number of alkyl halides is 3. The number of halogens is 5. The number of Topliss-reactive ketones (excluding diaryl/α,β-unsaturated/α-hetero) is 1. The van der Waals surface area contributed by atoms with E-state index in [0.717, 1.165) is 15.8 Å². The van der Waals surface area contributed by atoms with Crippen molar-refractivity contribution in [3.63, 3.8) is 0 Å². The van der Waals surface area contributed by atoms with Crippen LogP contribution in [-0.4, -0.2) is 67.2 Å². The average molecular weight is 605 g/mol. The second-order valence-electron chi connectivity index (χ2n) is 11.2. The molecular weight excluding hydrogens is 576 g/mol. The number of rotatable bonds is 8. The third-order valence-corrected chi connectivity index (χ3v) is 8.17. The lowest BCUT2D eigenvalue weighted by Crippen LogP contribution is -2.53. The zero-order valence-electron chi connectivity index (χ0n) is 22.1. The predicted molar refractivity (Wildman–Crippen MR) is 139 cm³/mol. The minimum atomic E-state index is -4.95. The maximum atomic E-state index is 14.4. The first kappa shape index (κ1) is 30.3. The summed E-state index contributed by atoms with van der Waals surface area (Å²) in [5.41, 5.74) is -3.55. The van der Waals surface area contributed by atoms with Crippen molar-refractivity contribution >= 4 is 40.9 Å². The first-order valence-corrected chi connectivity index (χ1v) is 13.5. The summed E-state index contributed by atoms with van der Waals surface area (Å²) in [6.45, 7) is 4.49. The first-order valence-electron chi connectivity index (χ1n) is 12.7. The van der Waals surface area contributed by atoms with Gasteiger partial charge in [0.15, 0.2) is 11.5 Å². The van der Waals surface area contributed by atoms with E-state index in [1.165, 1.54) is 12.4 Å². The fourth-order valence-electron chi connectivity index (χ4n) is 5.43. The van der Waals surface area contributed by atoms with Gasteiger partial charge in [0, 0.05) is 25.4 Å². The second kappa shape index (κ2) is 10.9. The van der Waals surface area contributed by atoms with Crippen LogP contribution in [0.25, 0.3) is 0 Å². The molecule has 3 heterocycles. The van der Waals surface area contributed by atoms with Gasteiger partial charge in [0.2, 0.25) is 0 Å². The fourth-order valence-corrected chi connectivity index (χ4v) is 6.01. The number of aliphatic carboxylic acids is 1. The van der Waals surface area contributed by atoms with E-state index in [2.05, 4.69) is 10.1 Å². The molecule has 1 aliphatic carbocycles. The van der Waals surface area contributed by atoms with Gasteiger partial charge in [-0.2, -0.15) is 18.3 Å². The van der Waals surface area contributed by atoms with Gasteiger partial charge in [-0.3, -0.25) is 24.0 Å². The molecule has 0 spiro atoms. The lowest BCUT2D eigenvalue weighted by molar-refractivity contribution is -0.187. The average Bonchev–Trinajstić information content (AvgIpc) is 3.28. The van der Waals surface area contributed by atoms with Crippen molar-refractivity contribution in [2.24, 2.45) is 5.41 Å². The molecule has 218 valence electrons. The van der Waals surface area contributed by atoms with Crippen molar-refractivity contribution in [2.75, 3.05) is 13.1 Å². The second-order valence-corrected chi connectivity index (χ2v) is 12.1. The molecule has 2 aliphatic rings. The number of amides is 1. The van der Waals surface area contributed by atoms with Gasteiger partial charge in [-0.15, -0.1) is 0 Å². The zero-order valence-corrected chi connectivity index (χ0v) is 23.6. The number of aromatic nitrogens is 3. The van der Waals surface area contributed by atoms with Crippen molar-refractivity contribution in [1.29, 1.82) is 0 Å². The molecule has 1 N–H and O–H groups in total. The molecule has 1 saturated carbocycles. The van der Waals surface area contributed by atoms with Crippen LogP contribution in [-0.2, 0) is 15.7 Å². The SMILES string of the molecule is CC1(C)C[C@@H](CN(CC(=O)c2c(Cl)cncc2Cl)C(=O)c2cnn(C3CCC(C)(C(=O)O)CC3)c2C(F)(F)F)O1. The Balaban J connectivity index is 1.65. The summed E-state index contributed by atoms with van der Waals surface area (Å²) in [5.74, 6) is -2.73. The lowest BCUT2D eigenvalue weighted by atomic mass is 9.74. The number of hydrogen-bond donors (Lipinski definition) is 1. The van der Waals surface area contributed by atoms with E-state index >= 15 is 0 Å². The van der Waals surface area contributed by atoms with E-state index in [0.29, 0.717) is 6.42 Å². The molecule has 2 fully saturated rings. The van der Waals surface area contributed by atoms with E-state index in [4.69, 9.17) is 27.9 Å². The number of carboxylic acid groups (broad SMARTS) is 1. The van der Waals surface area contributed by atoms with Gasteiger partial charge < -0.3 is 14.7 Å². The van der Waals surface area contributed by atoms with Crippen molar-refractivity contribution in [3.8, 4) is 0 Å². The highest BCUT2D eigenvalue weighted by Gasteiger charge is 2.46. The highest BCUT2D eigenvalue weighted by atomic mass is 35.5. The summed E-state index contributed by atoms with van der Waals surface area (Å²) in [7, 11) is 0. The van der Waals surface area contributed by atoms with E-state index < -0.39 is 64.8 Å². The lowest BCUT2D eigenvalue weighted by Gasteiger charge is -2.44. The summed E-state index contributed by atoms with van der Waals surface area (Å²) < 4.78 is 49.8. The summed E-state index contributed by atoms with van der Waals surface area (Å²) in [4.78, 5) is 43.2. The zero-order chi connectivity index (χ0) is 29.6. The van der Waals surface area contributed by atoms with Gasteiger partial charge >= 0.3 is 12.1 Å². The predicted octanol–water partition coefficient (Wildman–Crippen LogP) is 5.70. The van der Waals surface area contributed by atoms with Gasteiger partial charge in [-0.1, -0.05) is 23.2 Å². The van der Waals surface area contributed by atoms with Gasteiger partial charge in [0.1, 0.15) is 0 Å². The van der Waals surface area contributed by atoms with Crippen molar-refractivity contribution in [2.45, 2.75) is 76.8 Å². The highest BCUT2D eigenvalue weighted by molar-refractivity contribution is 6.39. The van der Waals surface area contributed by atoms with Crippen molar-refractivity contribution in [3.05, 3.63) is 45.5 Å². The maximum absolute atomic E-state index is 14.4. The molecule has 40 heavy (non-hydrogen) atoms. The smallest absolute Gasteiger partial charge is 0.433 e. The molecule has 0 radical (unpaired) electrons. The Hall–Kier alpha value is -2.70. The Morgan fingerprint density at radius 3 is 2.20 bits per heavy atom. The minimum absolute atomic E-state index is 0.0552. The van der Waals surface area contributed by atoms with E-state index in [1.54, 1.807) is 6.92 Å². The molecule has 14 heteroatoms. The van der Waals surface area contributed by atoms with Crippen LogP contribution < -0.4 is 0 Å². The third kappa shape index (κ3) is 6.13. The van der Waals surface area contributed by atoms with Gasteiger partial charge in [0.25, 0.3) is 5.91 Å². The van der Waals surface area contributed by atoms with Crippen LogP contribution in [0.4, 0.5) is 13.2 Å². The third-order valence-electron chi connectivity index (χ3n) is 7.60. The van der Waals surface area contributed by atoms with Crippen LogP contribution in [0.1, 0.15) is 85.3 Å². The highest BCUT2D eigenvalue weighted by Crippen LogP contribution is 2.43. The van der Waals surface area contributed by atoms with Crippen LogP contribution in [0.15, 0.2) is 18.6 Å². The standard InChI is InChI=1S/C26H29Cl2F3N4O5/c1-24(2)8-15(40-24)12-34(13-19(36)20-17(27)10-32-11-18(20)28)22(37)16-9-33-35(21(16)26(29,30)31)14-4-6-25(3,7-5-14)23(38)39/h9-11,14-15H,4-8,12-13H2,1-3H3,(H,38,39)/t14?,15-,25?/m0/s1. The maximum Gasteiger partial charge on any atom is 0.433 e. The molecule has 2 aromatic rings. The monoisotopic (exact) mass is 604 g/mol. The molecular formula is C26H29Cl2F3N4O5. The number of carbonyl (C=O) groups is 3. The van der Waals surface area contributed by atoms with Gasteiger partial charge in [-0.05, 0) is 46.5 Å². The normalized spacial score (nSPS) is 24.3. The molecule has 0 aromatic carbocycles. The number of carbonyl (C=O) groups excluding carboxylic acids is 2. The number of ether oxygens (including phenoxy) is 1. The minimum Gasteiger partial charge on any atom is -0.481 e. The largest absolute Gasteiger partial charge is 0.481 e. The number of carboxylic acids is 1. The van der Waals surface area contributed by atoms with E-state index in [9.17, 15) is 32.7 Å². The van der Waals surface area contributed by atoms with E-state index in [1.807, 2.05) is 13.8 Å². The molecule has 0 bridgehead atoms. The molecule has 0 unspecified atom stereocenters. The number of pyridine rings is 1. The van der Waals surface area contributed by atoms with E-state index in [-0.39, 0.29) is 47.8 Å². The van der Waals surface area contributed by atoms with Crippen molar-refractivity contribution < 1.29 is 37.4 Å². The Kier molecular flexibility index (Phi) is 8.28. The Labute approximate surface area is 238 Å². The topological polar surface area (TPSA) is 115 Å². The molecule has 1 aliphatic heterocycles. The van der Waals surface area contributed by atoms with Crippen LogP contribution in [0, 0.1) is 5.41 Å². The van der Waals surface area contributed by atoms with Crippen molar-refractivity contribution in [1.82, 2.24) is 19.7 Å². The Morgan fingerprint density at radius 2 is 1.70 bits per heavy atom. The van der Waals surface area contributed by atoms with Gasteiger partial charge in [-0.25, -0.2) is 0 Å². The Morgan fingerprint density at radius 1 is 1.12 bits per heavy atom. The summed E-state index contributed by atoms with van der Waals surface area (Å²) in [6, 6.07) is -0.745. The van der Waals surface area contributed by atoms with Gasteiger partial charge in [0.05, 0.1) is 57.1 Å². The summed E-state index contributed by atoms with van der Waals surface area (Å²) >= 11 is 12.2. The Bertz CT molecular complexity index is 1290. The number of ketones is 1.